The van der Waals surface area contributed by atoms with Crippen LogP contribution in [0.3, 0.4) is 0 Å². The quantitative estimate of drug-likeness (QED) is 0.799. The average Bonchev–Trinajstić information content (AvgIpc) is 3.09. The van der Waals surface area contributed by atoms with Crippen molar-refractivity contribution in [2.24, 2.45) is 0 Å². The molecule has 0 aliphatic carbocycles. The number of hydrogen-bond donors (Lipinski definition) is 1. The largest absolute Gasteiger partial charge is 0.328 e. The highest BCUT2D eigenvalue weighted by atomic mass is 35.5. The summed E-state index contributed by atoms with van der Waals surface area (Å²) in [5, 5.41) is 7.38. The van der Waals surface area contributed by atoms with E-state index in [1.165, 1.54) is 17.5 Å². The first-order chi connectivity index (χ1) is 10.1. The van der Waals surface area contributed by atoms with Gasteiger partial charge in [-0.05, 0) is 13.0 Å². The summed E-state index contributed by atoms with van der Waals surface area (Å²) in [6.45, 7) is 1.67. The Labute approximate surface area is 128 Å². The molecule has 3 aromatic rings. The molecule has 8 heteroatoms. The molecule has 0 radical (unpaired) electrons. The lowest BCUT2D eigenvalue weighted by molar-refractivity contribution is 0.102. The lowest BCUT2D eigenvalue weighted by atomic mass is 10.2. The molecule has 2 aromatic heterocycles. The maximum atomic E-state index is 12.1. The lowest BCUT2D eigenvalue weighted by Gasteiger charge is -1.98. The van der Waals surface area contributed by atoms with Gasteiger partial charge in [-0.2, -0.15) is 4.98 Å². The average molecular weight is 321 g/mol. The number of benzene rings is 1. The predicted octanol–water partition coefficient (Wildman–Crippen LogP) is 3.41. The molecule has 0 bridgehead atoms. The zero-order valence-electron chi connectivity index (χ0n) is 10.8. The highest BCUT2D eigenvalue weighted by molar-refractivity contribution is 7.17. The monoisotopic (exact) mass is 320 g/mol. The first-order valence-corrected chi connectivity index (χ1v) is 7.15. The number of aryl methyl sites for hydroxylation is 1. The topological polar surface area (TPSA) is 80.9 Å². The Balaban J connectivity index is 1.82. The van der Waals surface area contributed by atoms with Gasteiger partial charge in [-0.25, -0.2) is 4.98 Å². The molecule has 0 fully saturated rings. The molecular formula is C13H9ClN4O2S. The Morgan fingerprint density at radius 2 is 2.19 bits per heavy atom. The van der Waals surface area contributed by atoms with Crippen LogP contribution >= 0.6 is 22.9 Å². The van der Waals surface area contributed by atoms with Crippen molar-refractivity contribution in [2.45, 2.75) is 6.92 Å². The van der Waals surface area contributed by atoms with Crippen molar-refractivity contribution in [1.82, 2.24) is 15.1 Å². The van der Waals surface area contributed by atoms with Crippen LogP contribution in [0, 0.1) is 6.92 Å². The van der Waals surface area contributed by atoms with Crippen LogP contribution in [0.15, 0.2) is 35.0 Å². The molecule has 6 nitrogen and oxygen atoms in total. The molecule has 0 aliphatic rings. The van der Waals surface area contributed by atoms with Crippen molar-refractivity contribution in [3.63, 3.8) is 0 Å². The van der Waals surface area contributed by atoms with Gasteiger partial charge in [0.05, 0.1) is 11.2 Å². The maximum absolute atomic E-state index is 12.1. The van der Waals surface area contributed by atoms with Crippen LogP contribution in [0.2, 0.25) is 5.02 Å². The molecule has 21 heavy (non-hydrogen) atoms. The Bertz CT molecular complexity index is 799. The van der Waals surface area contributed by atoms with E-state index in [1.807, 2.05) is 18.2 Å². The fourth-order valence-electron chi connectivity index (χ4n) is 1.64. The van der Waals surface area contributed by atoms with Gasteiger partial charge in [-0.1, -0.05) is 35.0 Å². The molecule has 0 aliphatic heterocycles. The van der Waals surface area contributed by atoms with E-state index in [9.17, 15) is 4.79 Å². The molecule has 2 heterocycles. The van der Waals surface area contributed by atoms with Gasteiger partial charge >= 0.3 is 6.01 Å². The van der Waals surface area contributed by atoms with Gasteiger partial charge in [0, 0.05) is 5.56 Å². The molecule has 106 valence electrons. The summed E-state index contributed by atoms with van der Waals surface area (Å²) in [5.74, 6) is 0.0980. The summed E-state index contributed by atoms with van der Waals surface area (Å²) in [4.78, 5) is 20.6. The Morgan fingerprint density at radius 1 is 1.38 bits per heavy atom. The van der Waals surface area contributed by atoms with Crippen molar-refractivity contribution in [1.29, 1.82) is 0 Å². The summed E-state index contributed by atoms with van der Waals surface area (Å²) in [6.07, 6.45) is 1.49. The maximum Gasteiger partial charge on any atom is 0.328 e. The molecular weight excluding hydrogens is 312 g/mol. The van der Waals surface area contributed by atoms with Crippen molar-refractivity contribution >= 4 is 34.9 Å². The second-order valence-corrected chi connectivity index (χ2v) is 5.55. The van der Waals surface area contributed by atoms with E-state index in [4.69, 9.17) is 16.1 Å². The first kappa shape index (κ1) is 13.7. The van der Waals surface area contributed by atoms with Gasteiger partial charge in [0.15, 0.2) is 5.82 Å². The van der Waals surface area contributed by atoms with Crippen LogP contribution in [0.4, 0.5) is 6.01 Å². The van der Waals surface area contributed by atoms with Gasteiger partial charge in [0.25, 0.3) is 5.91 Å². The Kier molecular flexibility index (Phi) is 3.68. The van der Waals surface area contributed by atoms with Crippen LogP contribution < -0.4 is 5.32 Å². The zero-order chi connectivity index (χ0) is 14.8. The SMILES string of the molecule is Cc1noc(NC(=O)c2cnc(-c3ccccc3Cl)s2)n1. The minimum Gasteiger partial charge on any atom is -0.315 e. The molecule has 0 saturated carbocycles. The molecule has 3 rings (SSSR count). The van der Waals surface area contributed by atoms with Crippen LogP contribution in [-0.4, -0.2) is 21.0 Å². The molecule has 0 unspecified atom stereocenters. The Hall–Kier alpha value is -2.25. The van der Waals surface area contributed by atoms with E-state index in [-0.39, 0.29) is 11.9 Å². The summed E-state index contributed by atoms with van der Waals surface area (Å²) in [6, 6.07) is 7.39. The molecule has 0 saturated heterocycles. The number of carbonyl (C=O) groups is 1. The second kappa shape index (κ2) is 5.63. The summed E-state index contributed by atoms with van der Waals surface area (Å²) in [5.41, 5.74) is 0.789. The third-order valence-electron chi connectivity index (χ3n) is 2.58. The van der Waals surface area contributed by atoms with Gasteiger partial charge in [-0.15, -0.1) is 11.3 Å². The van der Waals surface area contributed by atoms with Crippen LogP contribution in [0.5, 0.6) is 0 Å². The number of anilines is 1. The van der Waals surface area contributed by atoms with Gasteiger partial charge in [0.2, 0.25) is 0 Å². The lowest BCUT2D eigenvalue weighted by Crippen LogP contribution is -2.10. The summed E-state index contributed by atoms with van der Waals surface area (Å²) >= 11 is 7.35. The van der Waals surface area contributed by atoms with Crippen molar-refractivity contribution in [3.05, 3.63) is 46.2 Å². The number of halogens is 1. The molecule has 1 amide bonds. The summed E-state index contributed by atoms with van der Waals surface area (Å²) < 4.78 is 4.84. The Morgan fingerprint density at radius 3 is 2.90 bits per heavy atom. The fourth-order valence-corrected chi connectivity index (χ4v) is 2.78. The third kappa shape index (κ3) is 2.93. The number of hydrogen-bond acceptors (Lipinski definition) is 6. The van der Waals surface area contributed by atoms with Crippen LogP contribution in [0.25, 0.3) is 10.6 Å². The standard InChI is InChI=1S/C13H9ClN4O2S/c1-7-16-13(20-18-7)17-11(19)10-6-15-12(21-10)8-4-2-3-5-9(8)14/h2-6H,1H3,(H,16,17,18,19). The normalized spacial score (nSPS) is 10.6. The molecule has 0 spiro atoms. The third-order valence-corrected chi connectivity index (χ3v) is 3.94. The van der Waals surface area contributed by atoms with Crippen LogP contribution in [-0.2, 0) is 0 Å². The minimum absolute atomic E-state index is 0.0604. The van der Waals surface area contributed by atoms with E-state index in [1.54, 1.807) is 13.0 Å². The highest BCUT2D eigenvalue weighted by Gasteiger charge is 2.15. The van der Waals surface area contributed by atoms with E-state index >= 15 is 0 Å². The number of carbonyl (C=O) groups excluding carboxylic acids is 1. The minimum atomic E-state index is -0.352. The summed E-state index contributed by atoms with van der Waals surface area (Å²) in [7, 11) is 0. The molecule has 1 N–H and O–H groups in total. The van der Waals surface area contributed by atoms with Crippen molar-refractivity contribution < 1.29 is 9.32 Å². The van der Waals surface area contributed by atoms with Gasteiger partial charge in [0.1, 0.15) is 9.88 Å². The van der Waals surface area contributed by atoms with Crippen molar-refractivity contribution in [2.75, 3.05) is 5.32 Å². The van der Waals surface area contributed by atoms with Crippen LogP contribution in [0.1, 0.15) is 15.5 Å². The number of aromatic nitrogens is 3. The van der Waals surface area contributed by atoms with Gasteiger partial charge in [-0.3, -0.25) is 10.1 Å². The number of thiazole rings is 1. The van der Waals surface area contributed by atoms with E-state index in [0.717, 1.165) is 5.56 Å². The van der Waals surface area contributed by atoms with E-state index in [0.29, 0.717) is 20.7 Å². The number of amides is 1. The molecule has 1 aromatic carbocycles. The van der Waals surface area contributed by atoms with E-state index in [2.05, 4.69) is 20.4 Å². The second-order valence-electron chi connectivity index (χ2n) is 4.11. The number of nitrogens with zero attached hydrogens (tertiary/aromatic N) is 3. The number of nitrogens with one attached hydrogen (secondary N) is 1. The molecule has 0 atom stereocenters. The van der Waals surface area contributed by atoms with E-state index < -0.39 is 0 Å². The fraction of sp³-hybridized carbons (Fsp3) is 0.0769. The first-order valence-electron chi connectivity index (χ1n) is 5.96. The number of rotatable bonds is 3. The predicted molar refractivity (Wildman–Crippen MR) is 79.5 cm³/mol. The van der Waals surface area contributed by atoms with Crippen molar-refractivity contribution in [3.8, 4) is 10.6 Å². The smallest absolute Gasteiger partial charge is 0.315 e. The highest BCUT2D eigenvalue weighted by Crippen LogP contribution is 2.31. The van der Waals surface area contributed by atoms with Gasteiger partial charge < -0.3 is 4.52 Å². The zero-order valence-corrected chi connectivity index (χ0v) is 12.4.